The summed E-state index contributed by atoms with van der Waals surface area (Å²) >= 11 is 0. The molecule has 13 heteroatoms. The third-order valence-corrected chi connectivity index (χ3v) is 10.4. The monoisotopic (exact) mass is 642 g/mol. The molecule has 46 heavy (non-hydrogen) atoms. The van der Waals surface area contributed by atoms with E-state index in [2.05, 4.69) is 15.2 Å². The van der Waals surface area contributed by atoms with Crippen molar-refractivity contribution in [3.05, 3.63) is 52.6 Å². The van der Waals surface area contributed by atoms with Crippen molar-refractivity contribution in [3.63, 3.8) is 0 Å². The van der Waals surface area contributed by atoms with Crippen molar-refractivity contribution in [1.29, 1.82) is 0 Å². The highest BCUT2D eigenvalue weighted by Gasteiger charge is 2.53. The molecule has 7 rings (SSSR count). The maximum absolute atomic E-state index is 15.9. The number of amides is 1. The normalized spacial score (nSPS) is 27.4. The second-order valence-corrected chi connectivity index (χ2v) is 14.4. The van der Waals surface area contributed by atoms with Gasteiger partial charge in [-0.3, -0.25) is 9.79 Å². The zero-order chi connectivity index (χ0) is 32.8. The number of hydrogen-bond donors (Lipinski definition) is 1. The van der Waals surface area contributed by atoms with E-state index in [0.717, 1.165) is 31.7 Å². The number of carbonyl (C=O) groups is 1. The molecule has 2 saturated carbocycles. The van der Waals surface area contributed by atoms with E-state index in [-0.39, 0.29) is 36.4 Å². The molecule has 3 aliphatic heterocycles. The Morgan fingerprint density at radius 1 is 1.09 bits per heavy atom. The van der Waals surface area contributed by atoms with Crippen LogP contribution in [0.3, 0.4) is 0 Å². The quantitative estimate of drug-likeness (QED) is 0.322. The van der Waals surface area contributed by atoms with Crippen LogP contribution in [0.2, 0.25) is 0 Å². The van der Waals surface area contributed by atoms with Crippen molar-refractivity contribution in [2.45, 2.75) is 121 Å². The number of aromatic nitrogens is 1. The fraction of sp³-hybridized carbons (Fsp3) is 0.606. The molecule has 0 radical (unpaired) electrons. The van der Waals surface area contributed by atoms with Gasteiger partial charge in [-0.1, -0.05) is 0 Å². The lowest BCUT2D eigenvalue weighted by Gasteiger charge is -2.43. The Kier molecular flexibility index (Phi) is 7.38. The first-order valence-electron chi connectivity index (χ1n) is 16.1. The number of nitrogens with zero attached hydrogens (tertiary/aromatic N) is 3. The average molecular weight is 643 g/mol. The highest BCUT2D eigenvalue weighted by molar-refractivity contribution is 6.62. The molecule has 1 aromatic carbocycles. The zero-order valence-electron chi connectivity index (χ0n) is 26.8. The van der Waals surface area contributed by atoms with Gasteiger partial charge in [-0.05, 0) is 96.5 Å². The first kappa shape index (κ1) is 31.6. The molecule has 4 heterocycles. The fourth-order valence-electron chi connectivity index (χ4n) is 6.63. The number of piperidine rings is 1. The Morgan fingerprint density at radius 3 is 2.39 bits per heavy atom. The van der Waals surface area contributed by atoms with Gasteiger partial charge in [-0.15, -0.1) is 0 Å². The van der Waals surface area contributed by atoms with E-state index in [1.807, 2.05) is 40.7 Å². The van der Waals surface area contributed by atoms with Gasteiger partial charge >= 0.3 is 13.3 Å². The highest BCUT2D eigenvalue weighted by atomic mass is 19.4. The first-order chi connectivity index (χ1) is 21.6. The molecule has 2 atom stereocenters. The lowest BCUT2D eigenvalue weighted by atomic mass is 9.77. The lowest BCUT2D eigenvalue weighted by molar-refractivity contribution is -0.141. The molecule has 2 aliphatic carbocycles. The smallest absolute Gasteiger partial charge is 0.399 e. The van der Waals surface area contributed by atoms with E-state index >= 15 is 4.39 Å². The van der Waals surface area contributed by atoms with Gasteiger partial charge in [-0.25, -0.2) is 9.37 Å². The summed E-state index contributed by atoms with van der Waals surface area (Å²) in [6.45, 7) is 10.3. The van der Waals surface area contributed by atoms with Gasteiger partial charge in [0.2, 0.25) is 0 Å². The Morgan fingerprint density at radius 2 is 1.78 bits per heavy atom. The summed E-state index contributed by atoms with van der Waals surface area (Å²) in [5.41, 5.74) is -0.800. The van der Waals surface area contributed by atoms with Crippen molar-refractivity contribution >= 4 is 30.0 Å². The molecule has 0 bridgehead atoms. The van der Waals surface area contributed by atoms with Crippen molar-refractivity contribution in [1.82, 2.24) is 10.3 Å². The van der Waals surface area contributed by atoms with Crippen LogP contribution in [0.15, 0.2) is 29.3 Å². The predicted octanol–water partition coefficient (Wildman–Crippen LogP) is 5.40. The third-order valence-electron chi connectivity index (χ3n) is 10.4. The molecule has 2 saturated heterocycles. The number of carbonyl (C=O) groups excluding carboxylic acids is 1. The number of alkyl halides is 3. The summed E-state index contributed by atoms with van der Waals surface area (Å²) < 4.78 is 74.7. The molecule has 0 unspecified atom stereocenters. The molecule has 1 spiro atoms. The van der Waals surface area contributed by atoms with Crippen LogP contribution in [0.25, 0.3) is 0 Å². The molecule has 2 aromatic rings. The summed E-state index contributed by atoms with van der Waals surface area (Å²) in [5, 5.41) is 2.87. The van der Waals surface area contributed by atoms with Gasteiger partial charge in [0.05, 0.1) is 29.6 Å². The molecule has 8 nitrogen and oxygen atoms in total. The number of ether oxygens (including phenoxy) is 1. The number of halogens is 4. The van der Waals surface area contributed by atoms with Crippen LogP contribution in [0, 0.1) is 5.82 Å². The number of rotatable bonds is 7. The van der Waals surface area contributed by atoms with Gasteiger partial charge in [0, 0.05) is 41.7 Å². The topological polar surface area (TPSA) is 85.3 Å². The number of anilines is 1. The summed E-state index contributed by atoms with van der Waals surface area (Å²) in [5.74, 6) is -0.514. The van der Waals surface area contributed by atoms with Crippen LogP contribution in [-0.2, 0) is 31.6 Å². The highest BCUT2D eigenvalue weighted by Crippen LogP contribution is 2.44. The van der Waals surface area contributed by atoms with Gasteiger partial charge in [0.25, 0.3) is 5.91 Å². The summed E-state index contributed by atoms with van der Waals surface area (Å²) in [7, 11) is -0.756. The minimum absolute atomic E-state index is 0.0864. The summed E-state index contributed by atoms with van der Waals surface area (Å²) in [6.07, 6.45) is -0.357. The van der Waals surface area contributed by atoms with Crippen LogP contribution < -0.4 is 15.7 Å². The fourth-order valence-corrected chi connectivity index (χ4v) is 6.63. The molecule has 1 aromatic heterocycles. The van der Waals surface area contributed by atoms with Gasteiger partial charge in [0.1, 0.15) is 22.9 Å². The van der Waals surface area contributed by atoms with Crippen molar-refractivity contribution in [3.8, 4) is 0 Å². The van der Waals surface area contributed by atoms with Crippen LogP contribution in [0.1, 0.15) is 102 Å². The Bertz CT molecular complexity index is 1590. The molecular weight excluding hydrogens is 603 g/mol. The van der Waals surface area contributed by atoms with Crippen LogP contribution in [0.4, 0.5) is 23.2 Å². The van der Waals surface area contributed by atoms with Gasteiger partial charge in [0.15, 0.2) is 0 Å². The maximum atomic E-state index is 15.9. The van der Waals surface area contributed by atoms with Crippen LogP contribution in [-0.4, -0.2) is 59.3 Å². The molecule has 1 N–H and O–H groups in total. The van der Waals surface area contributed by atoms with E-state index in [1.54, 1.807) is 0 Å². The second kappa shape index (κ2) is 10.7. The molecule has 1 amide bonds. The minimum atomic E-state index is -4.56. The number of nitrogens with one attached hydrogen (secondary N) is 1. The largest absolute Gasteiger partial charge is 0.495 e. The summed E-state index contributed by atoms with van der Waals surface area (Å²) in [6, 6.07) is 5.45. The Hall–Kier alpha value is -3.03. The maximum Gasteiger partial charge on any atom is 0.495 e. The van der Waals surface area contributed by atoms with Crippen molar-refractivity contribution in [2.75, 3.05) is 11.4 Å². The Balaban J connectivity index is 1.18. The van der Waals surface area contributed by atoms with Crippen molar-refractivity contribution < 1.29 is 36.4 Å². The van der Waals surface area contributed by atoms with E-state index in [9.17, 15) is 18.0 Å². The van der Waals surface area contributed by atoms with Crippen molar-refractivity contribution in [2.24, 2.45) is 4.99 Å². The number of amidine groups is 1. The number of benzene rings is 1. The molecule has 4 fully saturated rings. The predicted molar refractivity (Wildman–Crippen MR) is 165 cm³/mol. The van der Waals surface area contributed by atoms with Crippen LogP contribution in [0.5, 0.6) is 0 Å². The molecular formula is C33H39BF4N4O4. The SMILES string of the molecule is C[C@H]1C[C@@]2(CCN1c1cc(B3OC(C)(C)C(C)(C)O3)cc(F)c1COC1CC1)N=C(c1ccc(C(F)(F)F)nc1C1CC1)NC2=O. The van der Waals surface area contributed by atoms with Gasteiger partial charge < -0.3 is 24.3 Å². The second-order valence-electron chi connectivity index (χ2n) is 14.4. The number of hydrogen-bond acceptors (Lipinski definition) is 7. The molecule has 246 valence electrons. The van der Waals surface area contributed by atoms with E-state index in [0.29, 0.717) is 47.4 Å². The average Bonchev–Trinajstić information content (AvgIpc) is 3.90. The lowest BCUT2D eigenvalue weighted by Crippen LogP contribution is -2.53. The standard InChI is InChI=1S/C33H39BF4N4O4/c1-18-16-32(29(43)40-28(41-32)22-10-11-26(33(36,37)38)39-27(22)19-6-7-19)12-13-42(18)25-15-20(34-45-30(2,3)31(4,5)46-34)14-24(35)23(25)17-44-21-8-9-21/h10-11,14-15,18-19,21H,6-9,12-13,16-17H2,1-5H3,(H,40,41,43)/t18-,32+/m0/s1. The van der Waals surface area contributed by atoms with Gasteiger partial charge in [-0.2, -0.15) is 13.2 Å². The molecule has 5 aliphatic rings. The van der Waals surface area contributed by atoms with E-state index < -0.39 is 41.5 Å². The minimum Gasteiger partial charge on any atom is -0.399 e. The van der Waals surface area contributed by atoms with E-state index in [4.69, 9.17) is 19.0 Å². The number of pyridine rings is 1. The van der Waals surface area contributed by atoms with E-state index in [1.165, 1.54) is 12.1 Å². The first-order valence-corrected chi connectivity index (χ1v) is 16.1. The third kappa shape index (κ3) is 5.62. The Labute approximate surface area is 266 Å². The summed E-state index contributed by atoms with van der Waals surface area (Å²) in [4.78, 5) is 24.4. The zero-order valence-corrected chi connectivity index (χ0v) is 26.8. The number of aliphatic imine (C=N–C) groups is 1. The van der Waals surface area contributed by atoms with Crippen LogP contribution >= 0.6 is 0 Å².